The number of ether oxygens (including phenoxy) is 1. The molecular formula is C27H20ClN3O4S3. The standard InChI is InChI=1S/C27H20ClN3O4S3/c1-14-11-17-12-16(6-9-19(17)35-14)23(32)21-22(20-3-2-10-36-20)31(25(34)24(21)33)26-29-30-27(38-26)37-13-15-4-7-18(28)8-5-15/h2-10,12,14,22,32H,11,13H2,1H3/b23-21+. The van der Waals surface area contributed by atoms with E-state index in [9.17, 15) is 14.7 Å². The van der Waals surface area contributed by atoms with Gasteiger partial charge in [-0.2, -0.15) is 0 Å². The highest BCUT2D eigenvalue weighted by Gasteiger charge is 2.49. The number of halogens is 1. The number of hydrogen-bond donors (Lipinski definition) is 1. The summed E-state index contributed by atoms with van der Waals surface area (Å²) in [6.45, 7) is 1.98. The number of aliphatic hydroxyl groups excluding tert-OH is 1. The van der Waals surface area contributed by atoms with E-state index in [0.29, 0.717) is 32.2 Å². The van der Waals surface area contributed by atoms with Crippen LogP contribution >= 0.6 is 46.0 Å². The SMILES string of the molecule is CC1Cc2cc(/C(O)=C3\C(=O)C(=O)N(c4nnc(SCc5ccc(Cl)cc5)s4)C3c3cccs3)ccc2O1. The molecule has 2 aliphatic heterocycles. The molecule has 4 aromatic rings. The topological polar surface area (TPSA) is 92.6 Å². The quantitative estimate of drug-likeness (QED) is 0.0914. The maximum atomic E-state index is 13.4. The highest BCUT2D eigenvalue weighted by atomic mass is 35.5. The van der Waals surface area contributed by atoms with Gasteiger partial charge >= 0.3 is 5.91 Å². The Morgan fingerprint density at radius 3 is 2.76 bits per heavy atom. The Balaban J connectivity index is 1.35. The first-order valence-corrected chi connectivity index (χ1v) is 14.8. The van der Waals surface area contributed by atoms with Crippen molar-refractivity contribution in [2.24, 2.45) is 0 Å². The molecule has 0 aliphatic carbocycles. The van der Waals surface area contributed by atoms with Crippen molar-refractivity contribution in [3.05, 3.63) is 92.1 Å². The number of thiophene rings is 1. The number of ketones is 1. The normalized spacial score (nSPS) is 20.1. The fourth-order valence-electron chi connectivity index (χ4n) is 4.55. The molecule has 11 heteroatoms. The van der Waals surface area contributed by atoms with Crippen molar-refractivity contribution >= 4 is 68.6 Å². The number of aliphatic hydroxyl groups is 1. The van der Waals surface area contributed by atoms with E-state index >= 15 is 0 Å². The molecule has 2 aromatic heterocycles. The lowest BCUT2D eigenvalue weighted by molar-refractivity contribution is -0.132. The largest absolute Gasteiger partial charge is 0.507 e. The number of carbonyl (C=O) groups excluding carboxylic acids is 2. The lowest BCUT2D eigenvalue weighted by atomic mass is 9.98. The second kappa shape index (κ2) is 10.2. The zero-order chi connectivity index (χ0) is 26.4. The van der Waals surface area contributed by atoms with Crippen LogP contribution in [-0.2, 0) is 21.8 Å². The molecule has 1 amide bonds. The van der Waals surface area contributed by atoms with Crippen LogP contribution < -0.4 is 9.64 Å². The summed E-state index contributed by atoms with van der Waals surface area (Å²) in [5, 5.41) is 22.7. The molecule has 1 fully saturated rings. The average molecular weight is 582 g/mol. The lowest BCUT2D eigenvalue weighted by Crippen LogP contribution is -2.29. The van der Waals surface area contributed by atoms with Crippen molar-refractivity contribution in [1.29, 1.82) is 0 Å². The molecule has 192 valence electrons. The Morgan fingerprint density at radius 1 is 1.18 bits per heavy atom. The number of nitrogens with zero attached hydrogens (tertiary/aromatic N) is 3. The van der Waals surface area contributed by atoms with Crippen LogP contribution in [-0.4, -0.2) is 33.1 Å². The van der Waals surface area contributed by atoms with Gasteiger partial charge in [-0.3, -0.25) is 14.5 Å². The summed E-state index contributed by atoms with van der Waals surface area (Å²) in [5.74, 6) is -0.292. The van der Waals surface area contributed by atoms with Crippen LogP contribution in [0.15, 0.2) is 69.9 Å². The summed E-state index contributed by atoms with van der Waals surface area (Å²) < 4.78 is 6.43. The number of anilines is 1. The summed E-state index contributed by atoms with van der Waals surface area (Å²) in [6.07, 6.45) is 0.753. The maximum Gasteiger partial charge on any atom is 0.301 e. The van der Waals surface area contributed by atoms with Crippen LogP contribution in [0.4, 0.5) is 5.13 Å². The number of hydrogen-bond acceptors (Lipinski definition) is 9. The second-order valence-electron chi connectivity index (χ2n) is 8.91. The number of rotatable bonds is 6. The van der Waals surface area contributed by atoms with Gasteiger partial charge in [-0.1, -0.05) is 52.9 Å². The number of fused-ring (bicyclic) bond motifs is 1. The first kappa shape index (κ1) is 25.1. The van der Waals surface area contributed by atoms with Crippen LogP contribution in [0.1, 0.15) is 34.5 Å². The zero-order valence-corrected chi connectivity index (χ0v) is 23.2. The van der Waals surface area contributed by atoms with Crippen molar-refractivity contribution in [3.63, 3.8) is 0 Å². The third kappa shape index (κ3) is 4.62. The Kier molecular flexibility index (Phi) is 6.73. The van der Waals surface area contributed by atoms with Crippen LogP contribution in [0.3, 0.4) is 0 Å². The van der Waals surface area contributed by atoms with Crippen LogP contribution in [0.5, 0.6) is 5.75 Å². The van der Waals surface area contributed by atoms with Gasteiger partial charge in [-0.15, -0.1) is 21.5 Å². The molecule has 2 aliphatic rings. The molecule has 6 rings (SSSR count). The van der Waals surface area contributed by atoms with E-state index in [1.54, 1.807) is 12.1 Å². The number of thioether (sulfide) groups is 1. The summed E-state index contributed by atoms with van der Waals surface area (Å²) in [4.78, 5) is 28.8. The molecule has 0 radical (unpaired) electrons. The van der Waals surface area contributed by atoms with Gasteiger partial charge in [0.05, 0.1) is 5.57 Å². The molecule has 2 unspecified atom stereocenters. The van der Waals surface area contributed by atoms with E-state index in [4.69, 9.17) is 16.3 Å². The zero-order valence-electron chi connectivity index (χ0n) is 20.0. The predicted octanol–water partition coefficient (Wildman–Crippen LogP) is 6.50. The lowest BCUT2D eigenvalue weighted by Gasteiger charge is -2.21. The molecular weight excluding hydrogens is 562 g/mol. The monoisotopic (exact) mass is 581 g/mol. The molecule has 0 saturated carbocycles. The van der Waals surface area contributed by atoms with Gasteiger partial charge in [0.15, 0.2) is 4.34 Å². The van der Waals surface area contributed by atoms with Gasteiger partial charge in [-0.25, -0.2) is 0 Å². The molecule has 1 saturated heterocycles. The maximum absolute atomic E-state index is 13.4. The van der Waals surface area contributed by atoms with E-state index in [1.807, 2.05) is 54.8 Å². The predicted molar refractivity (Wildman–Crippen MR) is 150 cm³/mol. The first-order chi connectivity index (χ1) is 18.4. The van der Waals surface area contributed by atoms with Gasteiger partial charge in [0.1, 0.15) is 23.7 Å². The van der Waals surface area contributed by atoms with Crippen molar-refractivity contribution in [3.8, 4) is 5.75 Å². The highest BCUT2D eigenvalue weighted by molar-refractivity contribution is 8.00. The number of carbonyl (C=O) groups is 2. The van der Waals surface area contributed by atoms with Crippen molar-refractivity contribution in [1.82, 2.24) is 10.2 Å². The summed E-state index contributed by atoms with van der Waals surface area (Å²) in [6, 6.07) is 15.8. The van der Waals surface area contributed by atoms with Crippen LogP contribution in [0.2, 0.25) is 5.02 Å². The second-order valence-corrected chi connectivity index (χ2v) is 12.5. The Bertz CT molecular complexity index is 1570. The molecule has 0 bridgehead atoms. The van der Waals surface area contributed by atoms with Gasteiger partial charge < -0.3 is 9.84 Å². The summed E-state index contributed by atoms with van der Waals surface area (Å²) >= 11 is 10.1. The van der Waals surface area contributed by atoms with E-state index < -0.39 is 17.7 Å². The van der Waals surface area contributed by atoms with Gasteiger partial charge in [0.25, 0.3) is 5.78 Å². The molecule has 1 N–H and O–H groups in total. The van der Waals surface area contributed by atoms with E-state index in [-0.39, 0.29) is 17.4 Å². The Morgan fingerprint density at radius 2 is 2.00 bits per heavy atom. The van der Waals surface area contributed by atoms with Gasteiger partial charge in [-0.05, 0) is 59.8 Å². The molecule has 38 heavy (non-hydrogen) atoms. The first-order valence-electron chi connectivity index (χ1n) is 11.7. The van der Waals surface area contributed by atoms with E-state index in [0.717, 1.165) is 21.8 Å². The minimum Gasteiger partial charge on any atom is -0.507 e. The van der Waals surface area contributed by atoms with Crippen molar-refractivity contribution in [2.75, 3.05) is 4.90 Å². The smallest absolute Gasteiger partial charge is 0.301 e. The number of aromatic nitrogens is 2. The molecule has 2 atom stereocenters. The molecule has 4 heterocycles. The van der Waals surface area contributed by atoms with Crippen molar-refractivity contribution < 1.29 is 19.4 Å². The van der Waals surface area contributed by atoms with E-state index in [2.05, 4.69) is 10.2 Å². The van der Waals surface area contributed by atoms with Crippen LogP contribution in [0, 0.1) is 0 Å². The van der Waals surface area contributed by atoms with Gasteiger partial charge in [0, 0.05) is 27.6 Å². The minimum absolute atomic E-state index is 0.0370. The molecule has 0 spiro atoms. The van der Waals surface area contributed by atoms with Crippen LogP contribution in [0.25, 0.3) is 5.76 Å². The fourth-order valence-corrected chi connectivity index (χ4v) is 7.33. The summed E-state index contributed by atoms with van der Waals surface area (Å²) in [7, 11) is 0. The fraction of sp³-hybridized carbons (Fsp3) is 0.185. The third-order valence-electron chi connectivity index (χ3n) is 6.30. The number of benzene rings is 2. The molecule has 7 nitrogen and oxygen atoms in total. The van der Waals surface area contributed by atoms with Gasteiger partial charge in [0.2, 0.25) is 5.13 Å². The Labute approximate surface area is 235 Å². The average Bonchev–Trinajstić information content (AvgIpc) is 3.70. The number of Topliss-reactive ketones (excluding diaryl/α,β-unsaturated/α-hetero) is 1. The number of amides is 1. The van der Waals surface area contributed by atoms with E-state index in [1.165, 1.54) is 39.3 Å². The minimum atomic E-state index is -0.805. The summed E-state index contributed by atoms with van der Waals surface area (Å²) in [5.41, 5.74) is 2.53. The third-order valence-corrected chi connectivity index (χ3v) is 9.61. The molecule has 2 aromatic carbocycles. The Hall–Kier alpha value is -3.18. The highest BCUT2D eigenvalue weighted by Crippen LogP contribution is 2.45. The van der Waals surface area contributed by atoms with Crippen molar-refractivity contribution in [2.45, 2.75) is 35.6 Å².